The van der Waals surface area contributed by atoms with Crippen LogP contribution in [0.3, 0.4) is 0 Å². The number of ether oxygens (including phenoxy) is 1. The Bertz CT molecular complexity index is 513. The molecule has 0 bridgehead atoms. The standard InChI is InChI=1S/C14H18N2O5/c1-3-21-13(19)8-15-14(20)16(9-12(17)18)11-6-4-10(2)5-7-11/h4-7H,3,8-9H2,1-2H3,(H,15,20)(H,17,18). The van der Waals surface area contributed by atoms with Gasteiger partial charge < -0.3 is 15.2 Å². The number of aliphatic carboxylic acids is 1. The van der Waals surface area contributed by atoms with Gasteiger partial charge in [0.1, 0.15) is 13.1 Å². The fourth-order valence-corrected chi connectivity index (χ4v) is 1.60. The quantitative estimate of drug-likeness (QED) is 0.767. The van der Waals surface area contributed by atoms with Crippen molar-refractivity contribution in [2.45, 2.75) is 13.8 Å². The Morgan fingerprint density at radius 1 is 1.24 bits per heavy atom. The Morgan fingerprint density at radius 3 is 2.38 bits per heavy atom. The lowest BCUT2D eigenvalue weighted by Gasteiger charge is -2.21. The maximum absolute atomic E-state index is 12.0. The van der Waals surface area contributed by atoms with Crippen LogP contribution < -0.4 is 10.2 Å². The molecule has 0 fully saturated rings. The lowest BCUT2D eigenvalue weighted by atomic mass is 10.2. The number of carboxylic acid groups (broad SMARTS) is 1. The number of carbonyl (C=O) groups excluding carboxylic acids is 2. The van der Waals surface area contributed by atoms with Crippen LogP contribution in [-0.2, 0) is 14.3 Å². The van der Waals surface area contributed by atoms with Gasteiger partial charge in [-0.2, -0.15) is 0 Å². The first-order chi connectivity index (χ1) is 9.93. The highest BCUT2D eigenvalue weighted by atomic mass is 16.5. The summed E-state index contributed by atoms with van der Waals surface area (Å²) in [7, 11) is 0. The van der Waals surface area contributed by atoms with Gasteiger partial charge in [-0.05, 0) is 26.0 Å². The SMILES string of the molecule is CCOC(=O)CNC(=O)N(CC(=O)O)c1ccc(C)cc1. The second-order valence-electron chi connectivity index (χ2n) is 4.28. The van der Waals surface area contributed by atoms with E-state index in [1.165, 1.54) is 0 Å². The van der Waals surface area contributed by atoms with E-state index in [1.54, 1.807) is 31.2 Å². The van der Waals surface area contributed by atoms with Crippen LogP contribution in [0.15, 0.2) is 24.3 Å². The Labute approximate surface area is 122 Å². The summed E-state index contributed by atoms with van der Waals surface area (Å²) in [4.78, 5) is 35.1. The molecule has 1 rings (SSSR count). The van der Waals surface area contributed by atoms with Gasteiger partial charge in [-0.15, -0.1) is 0 Å². The number of esters is 1. The van der Waals surface area contributed by atoms with Gasteiger partial charge in [-0.3, -0.25) is 14.5 Å². The van der Waals surface area contributed by atoms with Crippen LogP contribution in [0.25, 0.3) is 0 Å². The first-order valence-electron chi connectivity index (χ1n) is 6.43. The van der Waals surface area contributed by atoms with E-state index in [1.807, 2.05) is 6.92 Å². The van der Waals surface area contributed by atoms with Crippen LogP contribution in [0.5, 0.6) is 0 Å². The molecular weight excluding hydrogens is 276 g/mol. The molecule has 0 radical (unpaired) electrons. The fraction of sp³-hybridized carbons (Fsp3) is 0.357. The van der Waals surface area contributed by atoms with Crippen molar-refractivity contribution in [1.29, 1.82) is 0 Å². The third-order valence-corrected chi connectivity index (χ3v) is 2.57. The van der Waals surface area contributed by atoms with Gasteiger partial charge in [-0.1, -0.05) is 17.7 Å². The van der Waals surface area contributed by atoms with Crippen molar-refractivity contribution in [2.24, 2.45) is 0 Å². The van der Waals surface area contributed by atoms with Crippen LogP contribution in [0.4, 0.5) is 10.5 Å². The zero-order valence-corrected chi connectivity index (χ0v) is 12.0. The molecule has 114 valence electrons. The molecule has 1 aromatic carbocycles. The second kappa shape index (κ2) is 7.88. The number of hydrogen-bond acceptors (Lipinski definition) is 4. The van der Waals surface area contributed by atoms with Crippen LogP contribution in [-0.4, -0.2) is 42.8 Å². The molecule has 0 spiro atoms. The number of aryl methyl sites for hydroxylation is 1. The number of carboxylic acids is 1. The fourth-order valence-electron chi connectivity index (χ4n) is 1.60. The first kappa shape index (κ1) is 16.5. The molecule has 0 saturated carbocycles. The molecule has 0 aliphatic heterocycles. The van der Waals surface area contributed by atoms with Crippen LogP contribution in [0.1, 0.15) is 12.5 Å². The van der Waals surface area contributed by atoms with Crippen LogP contribution in [0, 0.1) is 6.92 Å². The predicted molar refractivity (Wildman–Crippen MR) is 76.2 cm³/mol. The van der Waals surface area contributed by atoms with Gasteiger partial charge in [0.2, 0.25) is 0 Å². The zero-order valence-electron chi connectivity index (χ0n) is 12.0. The Hall–Kier alpha value is -2.57. The summed E-state index contributed by atoms with van der Waals surface area (Å²) in [6.07, 6.45) is 0. The number of rotatable bonds is 6. The number of nitrogens with one attached hydrogen (secondary N) is 1. The highest BCUT2D eigenvalue weighted by molar-refractivity contribution is 5.97. The topological polar surface area (TPSA) is 95.9 Å². The molecule has 0 heterocycles. The molecule has 2 N–H and O–H groups in total. The molecule has 1 aromatic rings. The van der Waals surface area contributed by atoms with Crippen molar-refractivity contribution in [3.05, 3.63) is 29.8 Å². The average molecular weight is 294 g/mol. The van der Waals surface area contributed by atoms with Crippen molar-refractivity contribution >= 4 is 23.7 Å². The number of hydrogen-bond donors (Lipinski definition) is 2. The van der Waals surface area contributed by atoms with Crippen molar-refractivity contribution in [3.63, 3.8) is 0 Å². The van der Waals surface area contributed by atoms with Crippen LogP contribution in [0.2, 0.25) is 0 Å². The van der Waals surface area contributed by atoms with E-state index < -0.39 is 24.5 Å². The van der Waals surface area contributed by atoms with Crippen molar-refractivity contribution < 1.29 is 24.2 Å². The van der Waals surface area contributed by atoms with E-state index in [-0.39, 0.29) is 13.2 Å². The minimum Gasteiger partial charge on any atom is -0.480 e. The second-order valence-corrected chi connectivity index (χ2v) is 4.28. The van der Waals surface area contributed by atoms with Gasteiger partial charge in [0.25, 0.3) is 0 Å². The average Bonchev–Trinajstić information content (AvgIpc) is 2.43. The van der Waals surface area contributed by atoms with Crippen LogP contribution >= 0.6 is 0 Å². The third-order valence-electron chi connectivity index (χ3n) is 2.57. The monoisotopic (exact) mass is 294 g/mol. The molecule has 0 unspecified atom stereocenters. The lowest BCUT2D eigenvalue weighted by molar-refractivity contribution is -0.141. The van der Waals surface area contributed by atoms with Gasteiger partial charge in [-0.25, -0.2) is 4.79 Å². The summed E-state index contributed by atoms with van der Waals surface area (Å²) in [5.74, 6) is -1.73. The highest BCUT2D eigenvalue weighted by Crippen LogP contribution is 2.15. The molecule has 0 saturated heterocycles. The Morgan fingerprint density at radius 2 is 1.86 bits per heavy atom. The number of amides is 2. The maximum atomic E-state index is 12.0. The largest absolute Gasteiger partial charge is 0.480 e. The minimum atomic E-state index is -1.15. The zero-order chi connectivity index (χ0) is 15.8. The lowest BCUT2D eigenvalue weighted by Crippen LogP contribution is -2.44. The van der Waals surface area contributed by atoms with Gasteiger partial charge >= 0.3 is 18.0 Å². The number of anilines is 1. The summed E-state index contributed by atoms with van der Waals surface area (Å²) in [5.41, 5.74) is 1.42. The molecule has 0 aliphatic carbocycles. The molecule has 0 atom stereocenters. The minimum absolute atomic E-state index is 0.214. The number of nitrogens with zero attached hydrogens (tertiary/aromatic N) is 1. The molecule has 0 aromatic heterocycles. The summed E-state index contributed by atoms with van der Waals surface area (Å²) in [5, 5.41) is 11.2. The summed E-state index contributed by atoms with van der Waals surface area (Å²) >= 11 is 0. The molecule has 2 amide bonds. The third kappa shape index (κ3) is 5.52. The van der Waals surface area contributed by atoms with Crippen molar-refractivity contribution in [1.82, 2.24) is 5.32 Å². The van der Waals surface area contributed by atoms with Crippen molar-refractivity contribution in [3.8, 4) is 0 Å². The predicted octanol–water partition coefficient (Wildman–Crippen LogP) is 1.16. The number of benzene rings is 1. The normalized spacial score (nSPS) is 9.81. The maximum Gasteiger partial charge on any atom is 0.325 e. The summed E-state index contributed by atoms with van der Waals surface area (Å²) < 4.78 is 4.69. The Kier molecular flexibility index (Phi) is 6.19. The summed E-state index contributed by atoms with van der Waals surface area (Å²) in [6.45, 7) is 2.94. The molecular formula is C14H18N2O5. The van der Waals surface area contributed by atoms with Gasteiger partial charge in [0, 0.05) is 5.69 Å². The Balaban J connectivity index is 2.77. The van der Waals surface area contributed by atoms with Gasteiger partial charge in [0.15, 0.2) is 0 Å². The van der Waals surface area contributed by atoms with E-state index in [2.05, 4.69) is 10.1 Å². The van der Waals surface area contributed by atoms with E-state index in [4.69, 9.17) is 5.11 Å². The van der Waals surface area contributed by atoms with E-state index in [0.717, 1.165) is 10.5 Å². The molecule has 0 aliphatic rings. The van der Waals surface area contributed by atoms with E-state index in [9.17, 15) is 14.4 Å². The smallest absolute Gasteiger partial charge is 0.325 e. The number of urea groups is 1. The van der Waals surface area contributed by atoms with E-state index >= 15 is 0 Å². The highest BCUT2D eigenvalue weighted by Gasteiger charge is 2.19. The first-order valence-corrected chi connectivity index (χ1v) is 6.43. The van der Waals surface area contributed by atoms with Crippen molar-refractivity contribution in [2.75, 3.05) is 24.6 Å². The molecule has 7 heteroatoms. The van der Waals surface area contributed by atoms with Gasteiger partial charge in [0.05, 0.1) is 6.61 Å². The summed E-state index contributed by atoms with van der Waals surface area (Å²) in [6, 6.07) is 6.14. The molecule has 7 nitrogen and oxygen atoms in total. The molecule has 21 heavy (non-hydrogen) atoms. The van der Waals surface area contributed by atoms with E-state index in [0.29, 0.717) is 5.69 Å². The number of carbonyl (C=O) groups is 3.